The van der Waals surface area contributed by atoms with Crippen molar-refractivity contribution in [3.8, 4) is 0 Å². The molecule has 0 radical (unpaired) electrons. The maximum atomic E-state index is 12.8. The van der Waals surface area contributed by atoms with Crippen molar-refractivity contribution in [2.75, 3.05) is 13.2 Å². The number of rotatable bonds is 53. The van der Waals surface area contributed by atoms with Crippen molar-refractivity contribution in [2.24, 2.45) is 0 Å². The molecule has 0 aromatic carbocycles. The SMILES string of the molecule is CCC/C=C\CCCCCCCC(=O)OCC(COC(=O)CCCCCCCCCCCC/C=C\C/C=C\C/C=C\CCCCCCC)OC(=O)CCCCCCC/C=C\CCCCCCCC. The van der Waals surface area contributed by atoms with Gasteiger partial charge in [0.1, 0.15) is 13.2 Å². The standard InChI is InChI=1S/C62H110O6/c1-4-7-10-13-16-19-22-24-26-27-28-29-30-31-32-33-34-35-37-38-40-43-46-49-52-55-61(64)67-58-59(57-66-60(63)54-51-48-45-42-21-18-15-12-9-6-3)68-62(65)56-53-50-47-44-41-39-36-25-23-20-17-14-11-8-5-2/h12,15,22,24-25,27-28,30-31,36,59H,4-11,13-14,16-21,23,26,29,32-35,37-58H2,1-3H3/b15-12-,24-22-,28-27-,31-30-,36-25-. The molecule has 6 heteroatoms. The lowest BCUT2D eigenvalue weighted by atomic mass is 10.1. The molecule has 68 heavy (non-hydrogen) atoms. The number of esters is 3. The molecule has 394 valence electrons. The van der Waals surface area contributed by atoms with E-state index < -0.39 is 6.10 Å². The van der Waals surface area contributed by atoms with Crippen molar-refractivity contribution in [1.82, 2.24) is 0 Å². The van der Waals surface area contributed by atoms with E-state index in [1.54, 1.807) is 0 Å². The van der Waals surface area contributed by atoms with Gasteiger partial charge in [0.05, 0.1) is 0 Å². The van der Waals surface area contributed by atoms with Crippen LogP contribution < -0.4 is 0 Å². The molecule has 0 aromatic heterocycles. The first kappa shape index (κ1) is 65.1. The van der Waals surface area contributed by atoms with Gasteiger partial charge in [-0.25, -0.2) is 0 Å². The van der Waals surface area contributed by atoms with Gasteiger partial charge < -0.3 is 14.2 Å². The van der Waals surface area contributed by atoms with Crippen LogP contribution in [-0.4, -0.2) is 37.2 Å². The first-order chi connectivity index (χ1) is 33.5. The lowest BCUT2D eigenvalue weighted by molar-refractivity contribution is -0.167. The molecule has 0 heterocycles. The lowest BCUT2D eigenvalue weighted by Crippen LogP contribution is -2.30. The van der Waals surface area contributed by atoms with Crippen molar-refractivity contribution in [1.29, 1.82) is 0 Å². The molecule has 0 spiro atoms. The van der Waals surface area contributed by atoms with Crippen molar-refractivity contribution in [3.05, 3.63) is 60.8 Å². The quantitative estimate of drug-likeness (QED) is 0.0262. The van der Waals surface area contributed by atoms with Crippen molar-refractivity contribution >= 4 is 17.9 Å². The van der Waals surface area contributed by atoms with E-state index in [4.69, 9.17) is 14.2 Å². The van der Waals surface area contributed by atoms with Crippen LogP contribution in [0.5, 0.6) is 0 Å². The predicted molar refractivity (Wildman–Crippen MR) is 293 cm³/mol. The molecule has 0 fully saturated rings. The van der Waals surface area contributed by atoms with Crippen LogP contribution in [0.15, 0.2) is 60.8 Å². The summed E-state index contributed by atoms with van der Waals surface area (Å²) in [6, 6.07) is 0. The zero-order valence-electron chi connectivity index (χ0n) is 45.1. The molecule has 1 unspecified atom stereocenters. The Morgan fingerprint density at radius 3 is 0.897 bits per heavy atom. The molecule has 6 nitrogen and oxygen atoms in total. The minimum Gasteiger partial charge on any atom is -0.462 e. The third-order valence-electron chi connectivity index (χ3n) is 12.7. The monoisotopic (exact) mass is 951 g/mol. The second kappa shape index (κ2) is 56.7. The Bertz CT molecular complexity index is 1230. The van der Waals surface area contributed by atoms with Gasteiger partial charge in [-0.15, -0.1) is 0 Å². The van der Waals surface area contributed by atoms with Crippen molar-refractivity contribution in [3.63, 3.8) is 0 Å². The summed E-state index contributed by atoms with van der Waals surface area (Å²) in [4.78, 5) is 38.1. The fourth-order valence-electron chi connectivity index (χ4n) is 8.27. The Labute approximate surface area is 421 Å². The fraction of sp³-hybridized carbons (Fsp3) is 0.790. The molecule has 0 aliphatic rings. The van der Waals surface area contributed by atoms with Crippen LogP contribution >= 0.6 is 0 Å². The van der Waals surface area contributed by atoms with Crippen molar-refractivity contribution in [2.45, 2.75) is 303 Å². The fourth-order valence-corrected chi connectivity index (χ4v) is 8.27. The van der Waals surface area contributed by atoms with Gasteiger partial charge in [0, 0.05) is 19.3 Å². The number of ether oxygens (including phenoxy) is 3. The molecular formula is C62H110O6. The Hall–Kier alpha value is -2.89. The Morgan fingerprint density at radius 2 is 0.559 bits per heavy atom. The average molecular weight is 952 g/mol. The zero-order chi connectivity index (χ0) is 49.3. The minimum atomic E-state index is -0.782. The van der Waals surface area contributed by atoms with Gasteiger partial charge >= 0.3 is 17.9 Å². The number of hydrogen-bond acceptors (Lipinski definition) is 6. The van der Waals surface area contributed by atoms with E-state index in [9.17, 15) is 14.4 Å². The highest BCUT2D eigenvalue weighted by atomic mass is 16.6. The van der Waals surface area contributed by atoms with E-state index in [0.717, 1.165) is 96.3 Å². The highest BCUT2D eigenvalue weighted by Crippen LogP contribution is 2.15. The summed E-state index contributed by atoms with van der Waals surface area (Å²) in [5.74, 6) is -0.896. The minimum absolute atomic E-state index is 0.0813. The van der Waals surface area contributed by atoms with E-state index in [-0.39, 0.29) is 31.1 Å². The maximum absolute atomic E-state index is 12.8. The topological polar surface area (TPSA) is 78.9 Å². The third kappa shape index (κ3) is 54.1. The Morgan fingerprint density at radius 1 is 0.294 bits per heavy atom. The third-order valence-corrected chi connectivity index (χ3v) is 12.7. The number of unbranched alkanes of at least 4 members (excludes halogenated alkanes) is 32. The molecule has 0 rings (SSSR count). The van der Waals surface area contributed by atoms with Crippen molar-refractivity contribution < 1.29 is 28.6 Å². The number of allylic oxidation sites excluding steroid dienone is 10. The van der Waals surface area contributed by atoms with Crippen LogP contribution in [0.1, 0.15) is 297 Å². The first-order valence-corrected chi connectivity index (χ1v) is 29.3. The maximum Gasteiger partial charge on any atom is 0.306 e. The average Bonchev–Trinajstić information content (AvgIpc) is 3.34. The molecule has 0 aliphatic heterocycles. The summed E-state index contributed by atoms with van der Waals surface area (Å²) in [6.07, 6.45) is 70.8. The van der Waals surface area contributed by atoms with Crippen LogP contribution in [0.2, 0.25) is 0 Å². The summed E-state index contributed by atoms with van der Waals surface area (Å²) in [7, 11) is 0. The lowest BCUT2D eigenvalue weighted by Gasteiger charge is -2.18. The van der Waals surface area contributed by atoms with Crippen LogP contribution in [-0.2, 0) is 28.6 Å². The molecule has 0 saturated heterocycles. The van der Waals surface area contributed by atoms with Gasteiger partial charge in [-0.1, -0.05) is 236 Å². The number of carbonyl (C=O) groups excluding carboxylic acids is 3. The van der Waals surface area contributed by atoms with Crippen LogP contribution in [0.25, 0.3) is 0 Å². The second-order valence-electron chi connectivity index (χ2n) is 19.5. The van der Waals surface area contributed by atoms with Crippen LogP contribution in [0.3, 0.4) is 0 Å². The normalized spacial score (nSPS) is 12.5. The van der Waals surface area contributed by atoms with E-state index in [0.29, 0.717) is 19.3 Å². The number of hydrogen-bond donors (Lipinski definition) is 0. The Kier molecular flexibility index (Phi) is 54.3. The van der Waals surface area contributed by atoms with Gasteiger partial charge in [0.15, 0.2) is 6.10 Å². The first-order valence-electron chi connectivity index (χ1n) is 29.3. The molecule has 1 atom stereocenters. The molecular weight excluding hydrogens is 841 g/mol. The van der Waals surface area contributed by atoms with Gasteiger partial charge in [0.25, 0.3) is 0 Å². The molecule has 0 amide bonds. The van der Waals surface area contributed by atoms with E-state index in [2.05, 4.69) is 81.5 Å². The molecule has 0 aromatic rings. The molecule has 0 aliphatic carbocycles. The summed E-state index contributed by atoms with van der Waals surface area (Å²) in [5.41, 5.74) is 0. The summed E-state index contributed by atoms with van der Waals surface area (Å²) < 4.78 is 16.8. The summed E-state index contributed by atoms with van der Waals surface area (Å²) in [6.45, 7) is 6.56. The van der Waals surface area contributed by atoms with Gasteiger partial charge in [-0.2, -0.15) is 0 Å². The largest absolute Gasteiger partial charge is 0.462 e. The van der Waals surface area contributed by atoms with Gasteiger partial charge in [-0.3, -0.25) is 14.4 Å². The summed E-state index contributed by atoms with van der Waals surface area (Å²) >= 11 is 0. The molecule has 0 saturated carbocycles. The summed E-state index contributed by atoms with van der Waals surface area (Å²) in [5, 5.41) is 0. The van der Waals surface area contributed by atoms with E-state index >= 15 is 0 Å². The van der Waals surface area contributed by atoms with E-state index in [1.165, 1.54) is 161 Å². The number of carbonyl (C=O) groups is 3. The molecule has 0 bridgehead atoms. The smallest absolute Gasteiger partial charge is 0.306 e. The van der Waals surface area contributed by atoms with Crippen LogP contribution in [0.4, 0.5) is 0 Å². The molecule has 0 N–H and O–H groups in total. The predicted octanol–water partition coefficient (Wildman–Crippen LogP) is 19.6. The van der Waals surface area contributed by atoms with E-state index in [1.807, 2.05) is 0 Å². The highest BCUT2D eigenvalue weighted by molar-refractivity contribution is 5.71. The second-order valence-corrected chi connectivity index (χ2v) is 19.5. The zero-order valence-corrected chi connectivity index (χ0v) is 45.1. The highest BCUT2D eigenvalue weighted by Gasteiger charge is 2.19. The van der Waals surface area contributed by atoms with Gasteiger partial charge in [0.2, 0.25) is 0 Å². The van der Waals surface area contributed by atoms with Crippen LogP contribution in [0, 0.1) is 0 Å². The van der Waals surface area contributed by atoms with Gasteiger partial charge in [-0.05, 0) is 103 Å². The Balaban J connectivity index is 4.25.